The zero-order valence-corrected chi connectivity index (χ0v) is 19.2. The third-order valence-electron chi connectivity index (χ3n) is 5.03. The van der Waals surface area contributed by atoms with E-state index in [0.29, 0.717) is 24.4 Å². The Morgan fingerprint density at radius 1 is 1.03 bits per heavy atom. The summed E-state index contributed by atoms with van der Waals surface area (Å²) in [7, 11) is 3.46. The minimum atomic E-state index is -0.588. The Balaban J connectivity index is 2.06. The lowest BCUT2D eigenvalue weighted by atomic mass is 9.87. The molecule has 1 unspecified atom stereocenters. The van der Waals surface area contributed by atoms with E-state index in [2.05, 4.69) is 26.8 Å². The van der Waals surface area contributed by atoms with Crippen molar-refractivity contribution >= 4 is 11.8 Å². The van der Waals surface area contributed by atoms with Crippen LogP contribution < -0.4 is 4.74 Å². The Kier molecular flexibility index (Phi) is 7.65. The van der Waals surface area contributed by atoms with Crippen LogP contribution in [0.3, 0.4) is 0 Å². The number of hydrogen-bond donors (Lipinski definition) is 0. The van der Waals surface area contributed by atoms with Crippen LogP contribution in [0.1, 0.15) is 56.1 Å². The van der Waals surface area contributed by atoms with Crippen LogP contribution in [0.4, 0.5) is 0 Å². The topological polar surface area (TPSA) is 49.9 Å². The van der Waals surface area contributed by atoms with Gasteiger partial charge in [-0.25, -0.2) is 0 Å². The largest absolute Gasteiger partial charge is 0.481 e. The summed E-state index contributed by atoms with van der Waals surface area (Å²) in [6, 6.07) is 15.3. The maximum atomic E-state index is 13.0. The molecule has 1 atom stereocenters. The molecule has 2 aromatic rings. The summed E-state index contributed by atoms with van der Waals surface area (Å²) in [5, 5.41) is 0. The number of hydrogen-bond acceptors (Lipinski definition) is 3. The molecule has 30 heavy (non-hydrogen) atoms. The summed E-state index contributed by atoms with van der Waals surface area (Å²) in [4.78, 5) is 28.3. The standard InChI is InChI=1S/C25H34N2O3/c1-8-27(17-19-12-14-20(15-13-19)24(29)26(6)7)23(28)18(2)30-22-11-9-10-21(16-22)25(3,4)5/h9-16,18H,8,17H2,1-7H3. The predicted octanol–water partition coefficient (Wildman–Crippen LogP) is 4.50. The van der Waals surface area contributed by atoms with E-state index in [0.717, 1.165) is 5.56 Å². The van der Waals surface area contributed by atoms with Gasteiger partial charge in [0, 0.05) is 32.7 Å². The van der Waals surface area contributed by atoms with E-state index in [4.69, 9.17) is 4.74 Å². The second-order valence-corrected chi connectivity index (χ2v) is 8.79. The van der Waals surface area contributed by atoms with Gasteiger partial charge in [0.15, 0.2) is 6.10 Å². The maximum absolute atomic E-state index is 13.0. The van der Waals surface area contributed by atoms with Crippen molar-refractivity contribution in [2.24, 2.45) is 0 Å². The van der Waals surface area contributed by atoms with Crippen LogP contribution in [-0.4, -0.2) is 48.4 Å². The number of carbonyl (C=O) groups is 2. The molecular weight excluding hydrogens is 376 g/mol. The number of likely N-dealkylation sites (N-methyl/N-ethyl adjacent to an activating group) is 1. The van der Waals surface area contributed by atoms with Crippen LogP contribution in [0.2, 0.25) is 0 Å². The zero-order chi connectivity index (χ0) is 22.5. The molecule has 5 heteroatoms. The van der Waals surface area contributed by atoms with Gasteiger partial charge in [-0.15, -0.1) is 0 Å². The summed E-state index contributed by atoms with van der Waals surface area (Å²) < 4.78 is 5.97. The van der Waals surface area contributed by atoms with Gasteiger partial charge in [0.2, 0.25) is 0 Å². The Bertz CT molecular complexity index is 867. The van der Waals surface area contributed by atoms with Gasteiger partial charge in [0.05, 0.1) is 0 Å². The van der Waals surface area contributed by atoms with E-state index in [9.17, 15) is 9.59 Å². The van der Waals surface area contributed by atoms with Crippen LogP contribution in [0, 0.1) is 0 Å². The minimum Gasteiger partial charge on any atom is -0.481 e. The molecule has 0 N–H and O–H groups in total. The van der Waals surface area contributed by atoms with Crippen molar-refractivity contribution in [3.05, 3.63) is 65.2 Å². The van der Waals surface area contributed by atoms with Gasteiger partial charge in [-0.05, 0) is 54.7 Å². The van der Waals surface area contributed by atoms with Gasteiger partial charge in [0.25, 0.3) is 11.8 Å². The average Bonchev–Trinajstić information content (AvgIpc) is 2.70. The fourth-order valence-electron chi connectivity index (χ4n) is 3.12. The number of nitrogens with zero attached hydrogens (tertiary/aromatic N) is 2. The quantitative estimate of drug-likeness (QED) is 0.675. The second-order valence-electron chi connectivity index (χ2n) is 8.79. The molecule has 0 heterocycles. The number of amides is 2. The van der Waals surface area contributed by atoms with Gasteiger partial charge < -0.3 is 14.5 Å². The lowest BCUT2D eigenvalue weighted by Gasteiger charge is -2.26. The molecule has 2 rings (SSSR count). The first-order chi connectivity index (χ1) is 14.0. The van der Waals surface area contributed by atoms with Crippen molar-refractivity contribution in [2.75, 3.05) is 20.6 Å². The minimum absolute atomic E-state index is 0.0161. The van der Waals surface area contributed by atoms with Gasteiger partial charge in [-0.1, -0.05) is 45.0 Å². The maximum Gasteiger partial charge on any atom is 0.263 e. The molecule has 0 saturated heterocycles. The first-order valence-electron chi connectivity index (χ1n) is 10.4. The van der Waals surface area contributed by atoms with Crippen LogP contribution in [0.25, 0.3) is 0 Å². The van der Waals surface area contributed by atoms with Gasteiger partial charge in [0.1, 0.15) is 5.75 Å². The van der Waals surface area contributed by atoms with Crippen molar-refractivity contribution in [2.45, 2.75) is 52.7 Å². The zero-order valence-electron chi connectivity index (χ0n) is 19.2. The molecular formula is C25H34N2O3. The summed E-state index contributed by atoms with van der Waals surface area (Å²) in [5.41, 5.74) is 2.79. The highest BCUT2D eigenvalue weighted by Crippen LogP contribution is 2.26. The molecule has 0 aromatic heterocycles. The van der Waals surface area contributed by atoms with Gasteiger partial charge in [-0.2, -0.15) is 0 Å². The van der Waals surface area contributed by atoms with Crippen LogP contribution in [0.15, 0.2) is 48.5 Å². The van der Waals surface area contributed by atoms with E-state index in [-0.39, 0.29) is 17.2 Å². The highest BCUT2D eigenvalue weighted by Gasteiger charge is 2.22. The van der Waals surface area contributed by atoms with Gasteiger partial charge in [-0.3, -0.25) is 9.59 Å². The normalized spacial score (nSPS) is 12.2. The Hall–Kier alpha value is -2.82. The van der Waals surface area contributed by atoms with Gasteiger partial charge >= 0.3 is 0 Å². The molecule has 0 aliphatic carbocycles. The molecule has 0 radical (unpaired) electrons. The molecule has 2 aromatic carbocycles. The van der Waals surface area contributed by atoms with E-state index in [1.165, 1.54) is 5.56 Å². The third-order valence-corrected chi connectivity index (χ3v) is 5.03. The molecule has 5 nitrogen and oxygen atoms in total. The first-order valence-corrected chi connectivity index (χ1v) is 10.4. The molecule has 0 bridgehead atoms. The molecule has 0 aliphatic heterocycles. The Morgan fingerprint density at radius 3 is 2.20 bits per heavy atom. The highest BCUT2D eigenvalue weighted by molar-refractivity contribution is 5.93. The fourth-order valence-corrected chi connectivity index (χ4v) is 3.12. The molecule has 0 fully saturated rings. The molecule has 162 valence electrons. The Morgan fingerprint density at radius 2 is 1.67 bits per heavy atom. The Labute approximate surface area is 180 Å². The number of benzene rings is 2. The van der Waals surface area contributed by atoms with Crippen molar-refractivity contribution in [1.82, 2.24) is 9.80 Å². The van der Waals surface area contributed by atoms with E-state index < -0.39 is 6.10 Å². The second kappa shape index (κ2) is 9.79. The van der Waals surface area contributed by atoms with Crippen molar-refractivity contribution in [3.8, 4) is 5.75 Å². The number of ether oxygens (including phenoxy) is 1. The van der Waals surface area contributed by atoms with Crippen LogP contribution >= 0.6 is 0 Å². The summed E-state index contributed by atoms with van der Waals surface area (Å²) >= 11 is 0. The number of carbonyl (C=O) groups excluding carboxylic acids is 2. The number of rotatable bonds is 7. The van der Waals surface area contributed by atoms with Crippen LogP contribution in [0.5, 0.6) is 5.75 Å². The highest BCUT2D eigenvalue weighted by atomic mass is 16.5. The van der Waals surface area contributed by atoms with Crippen molar-refractivity contribution in [3.63, 3.8) is 0 Å². The molecule has 0 spiro atoms. The monoisotopic (exact) mass is 410 g/mol. The molecule has 2 amide bonds. The smallest absolute Gasteiger partial charge is 0.263 e. The summed E-state index contributed by atoms with van der Waals surface area (Å²) in [6.07, 6.45) is -0.588. The van der Waals surface area contributed by atoms with E-state index >= 15 is 0 Å². The van der Waals surface area contributed by atoms with E-state index in [1.807, 2.05) is 37.3 Å². The molecule has 0 aliphatic rings. The summed E-state index contributed by atoms with van der Waals surface area (Å²) in [6.45, 7) is 11.2. The fraction of sp³-hybridized carbons (Fsp3) is 0.440. The van der Waals surface area contributed by atoms with Crippen molar-refractivity contribution in [1.29, 1.82) is 0 Å². The lowest BCUT2D eigenvalue weighted by molar-refractivity contribution is -0.138. The average molecular weight is 411 g/mol. The van der Waals surface area contributed by atoms with Crippen molar-refractivity contribution < 1.29 is 14.3 Å². The third kappa shape index (κ3) is 6.09. The van der Waals surface area contributed by atoms with Crippen LogP contribution in [-0.2, 0) is 16.8 Å². The predicted molar refractivity (Wildman–Crippen MR) is 121 cm³/mol. The first kappa shape index (κ1) is 23.5. The molecule has 0 saturated carbocycles. The lowest BCUT2D eigenvalue weighted by Crippen LogP contribution is -2.40. The van der Waals surface area contributed by atoms with E-state index in [1.54, 1.807) is 43.0 Å². The SMILES string of the molecule is CCN(Cc1ccc(C(=O)N(C)C)cc1)C(=O)C(C)Oc1cccc(C(C)(C)C)c1. The summed E-state index contributed by atoms with van der Waals surface area (Å²) in [5.74, 6) is 0.600.